The molecule has 0 saturated carbocycles. The van der Waals surface area contributed by atoms with Crippen molar-refractivity contribution in [1.82, 2.24) is 19.1 Å². The first-order valence-electron chi connectivity index (χ1n) is 19.6. The summed E-state index contributed by atoms with van der Waals surface area (Å²) >= 11 is 0. The van der Waals surface area contributed by atoms with Crippen LogP contribution in [0.5, 0.6) is 0 Å². The number of hydrogen-bond donors (Lipinski definition) is 0. The SMILES string of the molecule is c1ccc([Si](c2ccccc2)(c2ccc(-n3c4ccncc4c4cnccc43)cc2)c2ccc(-n3c4ccccc4c4cc5oc6ccccc6c5cc43)cc2)cc1. The molecule has 272 valence electrons. The molecule has 12 aromatic rings. The van der Waals surface area contributed by atoms with Crippen molar-refractivity contribution in [2.24, 2.45) is 0 Å². The molecule has 58 heavy (non-hydrogen) atoms. The Bertz CT molecular complexity index is 3400. The van der Waals surface area contributed by atoms with Crippen LogP contribution in [0.4, 0.5) is 0 Å². The van der Waals surface area contributed by atoms with Gasteiger partial charge >= 0.3 is 0 Å². The molecule has 5 aromatic heterocycles. The fraction of sp³-hybridized carbons (Fsp3) is 0. The lowest BCUT2D eigenvalue weighted by molar-refractivity contribution is 0.669. The van der Waals surface area contributed by atoms with Crippen LogP contribution >= 0.6 is 0 Å². The van der Waals surface area contributed by atoms with E-state index >= 15 is 0 Å². The normalized spacial score (nSPS) is 12.1. The standard InChI is InChI=1S/C52H34N4OSi/c1-3-11-37(12-4-1)58(38-13-5-2-6-14-38,39-23-19-35(20-24-39)55-48-27-29-53-33-45(48)46-34-54-30-28-49(46)55)40-25-21-36(22-26-40)56-47-17-9-7-15-41(47)43-32-52-44(31-50(43)56)42-16-8-10-18-51(42)57-52/h1-34H. The minimum atomic E-state index is -2.84. The summed E-state index contributed by atoms with van der Waals surface area (Å²) in [5.74, 6) is 0. The van der Waals surface area contributed by atoms with Crippen molar-refractivity contribution in [1.29, 1.82) is 0 Å². The third-order valence-electron chi connectivity index (χ3n) is 12.1. The number of nitrogens with zero attached hydrogens (tertiary/aromatic N) is 4. The van der Waals surface area contributed by atoms with Crippen LogP contribution in [-0.4, -0.2) is 27.2 Å². The fourth-order valence-electron chi connectivity index (χ4n) is 9.55. The summed E-state index contributed by atoms with van der Waals surface area (Å²) in [7, 11) is -2.84. The number of benzene rings is 7. The van der Waals surface area contributed by atoms with Gasteiger partial charge in [-0.1, -0.05) is 121 Å². The summed E-state index contributed by atoms with van der Waals surface area (Å²) in [6.07, 6.45) is 7.61. The van der Waals surface area contributed by atoms with E-state index in [1.165, 1.54) is 37.0 Å². The minimum Gasteiger partial charge on any atom is -0.456 e. The van der Waals surface area contributed by atoms with Crippen LogP contribution < -0.4 is 20.7 Å². The second-order valence-electron chi connectivity index (χ2n) is 15.0. The van der Waals surface area contributed by atoms with Crippen molar-refractivity contribution in [2.75, 3.05) is 0 Å². The van der Waals surface area contributed by atoms with Crippen LogP contribution in [0.3, 0.4) is 0 Å². The first kappa shape index (κ1) is 32.7. The topological polar surface area (TPSA) is 48.8 Å². The smallest absolute Gasteiger partial charge is 0.179 e. The Morgan fingerprint density at radius 2 is 0.828 bits per heavy atom. The average molecular weight is 759 g/mol. The number of para-hydroxylation sites is 2. The highest BCUT2D eigenvalue weighted by Crippen LogP contribution is 2.38. The van der Waals surface area contributed by atoms with Gasteiger partial charge in [0.25, 0.3) is 0 Å². The third-order valence-corrected chi connectivity index (χ3v) is 16.9. The lowest BCUT2D eigenvalue weighted by atomic mass is 10.1. The number of furan rings is 1. The fourth-order valence-corrected chi connectivity index (χ4v) is 14.3. The molecule has 0 atom stereocenters. The maximum atomic E-state index is 6.36. The van der Waals surface area contributed by atoms with Gasteiger partial charge in [0.1, 0.15) is 11.2 Å². The Balaban J connectivity index is 1.07. The van der Waals surface area contributed by atoms with E-state index in [1.807, 2.05) is 36.9 Å². The Kier molecular flexibility index (Phi) is 7.18. The zero-order chi connectivity index (χ0) is 38.2. The molecule has 0 amide bonds. The molecule has 5 nitrogen and oxygen atoms in total. The summed E-state index contributed by atoms with van der Waals surface area (Å²) in [5.41, 5.74) is 8.60. The van der Waals surface area contributed by atoms with Crippen molar-refractivity contribution in [2.45, 2.75) is 0 Å². The predicted molar refractivity (Wildman–Crippen MR) is 242 cm³/mol. The predicted octanol–water partition coefficient (Wildman–Crippen LogP) is 9.95. The zero-order valence-electron chi connectivity index (χ0n) is 31.3. The molecular weight excluding hydrogens is 725 g/mol. The monoisotopic (exact) mass is 758 g/mol. The van der Waals surface area contributed by atoms with Crippen LogP contribution in [0.15, 0.2) is 211 Å². The molecular formula is C52H34N4OSi. The highest BCUT2D eigenvalue weighted by Gasteiger charge is 2.41. The van der Waals surface area contributed by atoms with E-state index in [2.05, 4.69) is 189 Å². The first-order valence-corrected chi connectivity index (χ1v) is 21.6. The zero-order valence-corrected chi connectivity index (χ0v) is 32.3. The average Bonchev–Trinajstić information content (AvgIpc) is 3.94. The maximum absolute atomic E-state index is 6.36. The molecule has 0 fully saturated rings. The Hall–Kier alpha value is -7.54. The Labute approximate surface area is 334 Å². The van der Waals surface area contributed by atoms with Crippen LogP contribution in [-0.2, 0) is 0 Å². The molecule has 0 unspecified atom stereocenters. The molecule has 6 heteroatoms. The van der Waals surface area contributed by atoms with Crippen molar-refractivity contribution in [3.05, 3.63) is 207 Å². The van der Waals surface area contributed by atoms with E-state index in [0.29, 0.717) is 0 Å². The van der Waals surface area contributed by atoms with E-state index in [9.17, 15) is 0 Å². The van der Waals surface area contributed by atoms with E-state index in [0.717, 1.165) is 60.6 Å². The van der Waals surface area contributed by atoms with Crippen molar-refractivity contribution in [3.8, 4) is 11.4 Å². The van der Waals surface area contributed by atoms with Gasteiger partial charge in [-0.2, -0.15) is 0 Å². The summed E-state index contributed by atoms with van der Waals surface area (Å²) in [6.45, 7) is 0. The number of fused-ring (bicyclic) bond motifs is 9. The van der Waals surface area contributed by atoms with Gasteiger partial charge in [0.05, 0.1) is 22.1 Å². The molecule has 0 saturated heterocycles. The number of hydrogen-bond acceptors (Lipinski definition) is 3. The number of pyridine rings is 2. The van der Waals surface area contributed by atoms with Crippen molar-refractivity contribution < 1.29 is 4.42 Å². The molecule has 0 bridgehead atoms. The maximum Gasteiger partial charge on any atom is 0.179 e. The van der Waals surface area contributed by atoms with Crippen LogP contribution in [0.2, 0.25) is 0 Å². The molecule has 0 aliphatic carbocycles. The lowest BCUT2D eigenvalue weighted by Crippen LogP contribution is -2.74. The van der Waals surface area contributed by atoms with Gasteiger partial charge in [0.2, 0.25) is 0 Å². The summed E-state index contributed by atoms with van der Waals surface area (Å²) in [6, 6.07) is 66.7. The van der Waals surface area contributed by atoms with Gasteiger partial charge in [0, 0.05) is 68.5 Å². The number of rotatable bonds is 6. The molecule has 0 N–H and O–H groups in total. The van der Waals surface area contributed by atoms with Crippen molar-refractivity contribution >= 4 is 94.4 Å². The van der Waals surface area contributed by atoms with Gasteiger partial charge in [0.15, 0.2) is 8.07 Å². The molecule has 12 rings (SSSR count). The molecule has 0 spiro atoms. The molecule has 0 aliphatic rings. The highest BCUT2D eigenvalue weighted by molar-refractivity contribution is 7.19. The summed E-state index contributed by atoms with van der Waals surface area (Å²) in [4.78, 5) is 8.90. The molecule has 5 heterocycles. The van der Waals surface area contributed by atoms with Gasteiger partial charge in [-0.15, -0.1) is 0 Å². The third kappa shape index (κ3) is 4.70. The van der Waals surface area contributed by atoms with E-state index in [4.69, 9.17) is 4.42 Å². The Morgan fingerprint density at radius 1 is 0.345 bits per heavy atom. The summed E-state index contributed by atoms with van der Waals surface area (Å²) < 4.78 is 11.1. The van der Waals surface area contributed by atoms with E-state index in [1.54, 1.807) is 0 Å². The van der Waals surface area contributed by atoms with Gasteiger partial charge in [-0.05, 0) is 81.4 Å². The first-order chi connectivity index (χ1) is 28.8. The molecule has 7 aromatic carbocycles. The van der Waals surface area contributed by atoms with E-state index in [-0.39, 0.29) is 0 Å². The quantitative estimate of drug-likeness (QED) is 0.125. The second-order valence-corrected chi connectivity index (χ2v) is 18.8. The van der Waals surface area contributed by atoms with Crippen LogP contribution in [0.1, 0.15) is 0 Å². The molecule has 0 aliphatic heterocycles. The molecule has 0 radical (unpaired) electrons. The second kappa shape index (κ2) is 12.7. The largest absolute Gasteiger partial charge is 0.456 e. The van der Waals surface area contributed by atoms with Gasteiger partial charge < -0.3 is 13.6 Å². The lowest BCUT2D eigenvalue weighted by Gasteiger charge is -2.34. The number of aromatic nitrogens is 4. The van der Waals surface area contributed by atoms with E-state index < -0.39 is 8.07 Å². The van der Waals surface area contributed by atoms with Crippen LogP contribution in [0, 0.1) is 0 Å². The van der Waals surface area contributed by atoms with Crippen molar-refractivity contribution in [3.63, 3.8) is 0 Å². The van der Waals surface area contributed by atoms with Crippen LogP contribution in [0.25, 0.3) is 76.9 Å². The van der Waals surface area contributed by atoms with Gasteiger partial charge in [-0.3, -0.25) is 9.97 Å². The Morgan fingerprint density at radius 3 is 1.43 bits per heavy atom. The minimum absolute atomic E-state index is 0.908. The summed E-state index contributed by atoms with van der Waals surface area (Å²) in [5, 5.41) is 12.1. The highest BCUT2D eigenvalue weighted by atomic mass is 28.3. The van der Waals surface area contributed by atoms with Gasteiger partial charge in [-0.25, -0.2) is 0 Å².